The van der Waals surface area contributed by atoms with Crippen molar-refractivity contribution in [3.63, 3.8) is 0 Å². The van der Waals surface area contributed by atoms with E-state index in [4.69, 9.17) is 0 Å². The smallest absolute Gasteiger partial charge is 0.251 e. The van der Waals surface area contributed by atoms with Crippen molar-refractivity contribution in [2.24, 2.45) is 0 Å². The van der Waals surface area contributed by atoms with E-state index < -0.39 is 0 Å². The molecule has 2 amide bonds. The van der Waals surface area contributed by atoms with Crippen LogP contribution in [-0.4, -0.2) is 29.9 Å². The zero-order chi connectivity index (χ0) is 22.3. The summed E-state index contributed by atoms with van der Waals surface area (Å²) in [7, 11) is 0. The molecule has 0 aliphatic carbocycles. The molecule has 0 saturated carbocycles. The number of amides is 2. The largest absolute Gasteiger partial charge is 0.361 e. The number of benzene rings is 3. The molecule has 162 valence electrons. The number of aromatic amines is 1. The molecule has 3 N–H and O–H groups in total. The maximum absolute atomic E-state index is 12.5. The van der Waals surface area contributed by atoms with Crippen molar-refractivity contribution in [3.8, 4) is 0 Å². The van der Waals surface area contributed by atoms with Crippen LogP contribution in [0, 0.1) is 0 Å². The molecule has 0 saturated heterocycles. The Morgan fingerprint density at radius 3 is 2.38 bits per heavy atom. The maximum Gasteiger partial charge on any atom is 0.251 e. The zero-order valence-corrected chi connectivity index (χ0v) is 19.1. The highest BCUT2D eigenvalue weighted by Crippen LogP contribution is 2.30. The number of carbonyl (C=O) groups excluding carboxylic acids is 2. The Labute approximate surface area is 195 Å². The summed E-state index contributed by atoms with van der Waals surface area (Å²) in [5, 5.41) is 7.00. The third-order valence-corrected chi connectivity index (χ3v) is 5.97. The van der Waals surface area contributed by atoms with Crippen LogP contribution in [0.1, 0.15) is 33.8 Å². The number of rotatable bonds is 8. The molecule has 3 aromatic carbocycles. The lowest BCUT2D eigenvalue weighted by molar-refractivity contribution is -0.120. The van der Waals surface area contributed by atoms with Gasteiger partial charge in [0.1, 0.15) is 0 Å². The molecule has 6 heteroatoms. The van der Waals surface area contributed by atoms with E-state index in [1.54, 1.807) is 12.1 Å². The van der Waals surface area contributed by atoms with E-state index in [2.05, 4.69) is 49.7 Å². The second kappa shape index (κ2) is 10.3. The number of hydrogen-bond donors (Lipinski definition) is 3. The molecule has 1 aromatic heterocycles. The highest BCUT2D eigenvalue weighted by molar-refractivity contribution is 9.10. The predicted octanol–water partition coefficient (Wildman–Crippen LogP) is 5.00. The standard InChI is InChI=1S/C26H24BrN3O2/c27-20-12-10-19(11-13-20)26(32)28-15-14-25(31)30-16-22(18-6-2-1-3-7-18)23-17-29-24-9-5-4-8-21(23)24/h1-13,17,22,29H,14-16H2,(H,28,32)(H,30,31)/t22-/m0/s1. The normalized spacial score (nSPS) is 11.8. The Kier molecular flexibility index (Phi) is 7.02. The molecule has 5 nitrogen and oxygen atoms in total. The van der Waals surface area contributed by atoms with Crippen LogP contribution in [0.25, 0.3) is 10.9 Å². The van der Waals surface area contributed by atoms with Crippen LogP contribution in [0.3, 0.4) is 0 Å². The lowest BCUT2D eigenvalue weighted by Gasteiger charge is -2.18. The van der Waals surface area contributed by atoms with Gasteiger partial charge in [-0.05, 0) is 41.5 Å². The minimum absolute atomic E-state index is 0.0219. The Morgan fingerprint density at radius 1 is 0.875 bits per heavy atom. The Morgan fingerprint density at radius 2 is 1.59 bits per heavy atom. The van der Waals surface area contributed by atoms with Crippen LogP contribution in [0.15, 0.2) is 89.5 Å². The van der Waals surface area contributed by atoms with Crippen LogP contribution in [-0.2, 0) is 4.79 Å². The van der Waals surface area contributed by atoms with Crippen LogP contribution in [0.5, 0.6) is 0 Å². The van der Waals surface area contributed by atoms with Gasteiger partial charge in [-0.2, -0.15) is 0 Å². The van der Waals surface area contributed by atoms with Crippen molar-refractivity contribution in [1.82, 2.24) is 15.6 Å². The number of fused-ring (bicyclic) bond motifs is 1. The molecular formula is C26H24BrN3O2. The average Bonchev–Trinajstić information content (AvgIpc) is 3.24. The molecule has 1 atom stereocenters. The van der Waals surface area contributed by atoms with Gasteiger partial charge < -0.3 is 15.6 Å². The summed E-state index contributed by atoms with van der Waals surface area (Å²) in [5.74, 6) is -0.262. The number of carbonyl (C=O) groups is 2. The highest BCUT2D eigenvalue weighted by Gasteiger charge is 2.19. The molecular weight excluding hydrogens is 466 g/mol. The summed E-state index contributed by atoms with van der Waals surface area (Å²) in [6.07, 6.45) is 2.24. The number of hydrogen-bond acceptors (Lipinski definition) is 2. The molecule has 0 fully saturated rings. The van der Waals surface area contributed by atoms with Gasteiger partial charge in [-0.15, -0.1) is 0 Å². The Bertz CT molecular complexity index is 1200. The van der Waals surface area contributed by atoms with E-state index >= 15 is 0 Å². The maximum atomic E-state index is 12.5. The fraction of sp³-hybridized carbons (Fsp3) is 0.154. The number of nitrogens with one attached hydrogen (secondary N) is 3. The van der Waals surface area contributed by atoms with Gasteiger partial charge in [0.2, 0.25) is 5.91 Å². The number of aromatic nitrogens is 1. The number of para-hydroxylation sites is 1. The summed E-state index contributed by atoms with van der Waals surface area (Å²) < 4.78 is 0.914. The third-order valence-electron chi connectivity index (χ3n) is 5.45. The molecule has 32 heavy (non-hydrogen) atoms. The van der Waals surface area contributed by atoms with Crippen LogP contribution < -0.4 is 10.6 Å². The Balaban J connectivity index is 1.37. The van der Waals surface area contributed by atoms with Gasteiger partial charge in [0.25, 0.3) is 5.91 Å². The Hall–Kier alpha value is -3.38. The third kappa shape index (κ3) is 5.26. The molecule has 4 rings (SSSR count). The fourth-order valence-electron chi connectivity index (χ4n) is 3.77. The van der Waals surface area contributed by atoms with Crippen LogP contribution >= 0.6 is 15.9 Å². The zero-order valence-electron chi connectivity index (χ0n) is 17.5. The first-order valence-corrected chi connectivity index (χ1v) is 11.3. The number of halogens is 1. The first-order valence-electron chi connectivity index (χ1n) is 10.5. The van der Waals surface area contributed by atoms with Gasteiger partial charge in [-0.3, -0.25) is 9.59 Å². The van der Waals surface area contributed by atoms with Gasteiger partial charge >= 0.3 is 0 Å². The van der Waals surface area contributed by atoms with Gasteiger partial charge in [0.05, 0.1) is 0 Å². The molecule has 1 heterocycles. The minimum atomic E-state index is -0.189. The summed E-state index contributed by atoms with van der Waals surface area (Å²) in [6.45, 7) is 0.759. The fourth-order valence-corrected chi connectivity index (χ4v) is 4.04. The van der Waals surface area contributed by atoms with Crippen molar-refractivity contribution in [1.29, 1.82) is 0 Å². The molecule has 4 aromatic rings. The summed E-state index contributed by atoms with van der Waals surface area (Å²) in [5.41, 5.74) is 3.93. The lowest BCUT2D eigenvalue weighted by Crippen LogP contribution is -2.33. The second-order valence-corrected chi connectivity index (χ2v) is 8.49. The van der Waals surface area contributed by atoms with E-state index in [1.165, 1.54) is 0 Å². The summed E-state index contributed by atoms with van der Waals surface area (Å²) >= 11 is 3.35. The molecule has 0 spiro atoms. The quantitative estimate of drug-likeness (QED) is 0.325. The number of H-pyrrole nitrogens is 1. The van der Waals surface area contributed by atoms with Crippen molar-refractivity contribution in [3.05, 3.63) is 106 Å². The minimum Gasteiger partial charge on any atom is -0.361 e. The second-order valence-electron chi connectivity index (χ2n) is 7.57. The first-order chi connectivity index (χ1) is 15.6. The molecule has 0 radical (unpaired) electrons. The first kappa shape index (κ1) is 21.8. The van der Waals surface area contributed by atoms with Crippen molar-refractivity contribution in [2.45, 2.75) is 12.3 Å². The van der Waals surface area contributed by atoms with Crippen molar-refractivity contribution < 1.29 is 9.59 Å². The van der Waals surface area contributed by atoms with Crippen molar-refractivity contribution in [2.75, 3.05) is 13.1 Å². The average molecular weight is 490 g/mol. The summed E-state index contributed by atoms with van der Waals surface area (Å²) in [6, 6.07) is 25.5. The van der Waals surface area contributed by atoms with Gasteiger partial charge in [-0.25, -0.2) is 0 Å². The molecule has 0 aliphatic rings. The summed E-state index contributed by atoms with van der Waals surface area (Å²) in [4.78, 5) is 28.0. The van der Waals surface area contributed by atoms with Crippen LogP contribution in [0.2, 0.25) is 0 Å². The van der Waals surface area contributed by atoms with Crippen LogP contribution in [0.4, 0.5) is 0 Å². The van der Waals surface area contributed by atoms with Gasteiger partial charge in [-0.1, -0.05) is 64.5 Å². The molecule has 0 bridgehead atoms. The van der Waals surface area contributed by atoms with E-state index in [-0.39, 0.29) is 30.7 Å². The van der Waals surface area contributed by atoms with E-state index in [0.717, 1.165) is 26.5 Å². The highest BCUT2D eigenvalue weighted by atomic mass is 79.9. The van der Waals surface area contributed by atoms with Crippen molar-refractivity contribution >= 4 is 38.6 Å². The molecule has 0 aliphatic heterocycles. The van der Waals surface area contributed by atoms with E-state index in [1.807, 2.05) is 54.7 Å². The predicted molar refractivity (Wildman–Crippen MR) is 131 cm³/mol. The molecule has 0 unspecified atom stereocenters. The van der Waals surface area contributed by atoms with Gasteiger partial charge in [0.15, 0.2) is 0 Å². The van der Waals surface area contributed by atoms with E-state index in [9.17, 15) is 9.59 Å². The topological polar surface area (TPSA) is 74.0 Å². The lowest BCUT2D eigenvalue weighted by atomic mass is 9.91. The van der Waals surface area contributed by atoms with Gasteiger partial charge in [0, 0.05) is 52.6 Å². The monoisotopic (exact) mass is 489 g/mol. The SMILES string of the molecule is O=C(CCNC(=O)c1ccc(Br)cc1)NC[C@@H](c1ccccc1)c1c[nH]c2ccccc12. The van der Waals surface area contributed by atoms with E-state index in [0.29, 0.717) is 12.1 Å².